The maximum atomic E-state index is 11.6. The summed E-state index contributed by atoms with van der Waals surface area (Å²) in [4.78, 5) is 11.6. The van der Waals surface area contributed by atoms with Gasteiger partial charge in [-0.2, -0.15) is 0 Å². The molecular formula is C21H12OS. The molecule has 4 aromatic carbocycles. The topological polar surface area (TPSA) is 17.1 Å². The first kappa shape index (κ1) is 12.8. The minimum Gasteiger partial charge on any atom is -0.298 e. The molecule has 1 nitrogen and oxygen atoms in total. The zero-order valence-electron chi connectivity index (χ0n) is 12.2. The first-order valence-corrected chi connectivity index (χ1v) is 8.39. The van der Waals surface area contributed by atoms with E-state index in [4.69, 9.17) is 0 Å². The van der Waals surface area contributed by atoms with Crippen LogP contribution in [0.4, 0.5) is 0 Å². The first-order valence-electron chi connectivity index (χ1n) is 7.58. The van der Waals surface area contributed by atoms with Gasteiger partial charge in [-0.05, 0) is 27.6 Å². The fraction of sp³-hybridized carbons (Fsp3) is 0. The van der Waals surface area contributed by atoms with Gasteiger partial charge < -0.3 is 0 Å². The van der Waals surface area contributed by atoms with Gasteiger partial charge in [-0.25, -0.2) is 0 Å². The van der Waals surface area contributed by atoms with E-state index < -0.39 is 0 Å². The zero-order chi connectivity index (χ0) is 15.4. The van der Waals surface area contributed by atoms with E-state index in [1.54, 1.807) is 11.3 Å². The van der Waals surface area contributed by atoms with Gasteiger partial charge in [0.25, 0.3) is 0 Å². The molecule has 0 aliphatic carbocycles. The second-order valence-corrected chi connectivity index (χ2v) is 6.79. The molecule has 0 N–H and O–H groups in total. The van der Waals surface area contributed by atoms with Crippen LogP contribution in [-0.4, -0.2) is 6.29 Å². The van der Waals surface area contributed by atoms with Gasteiger partial charge in [-0.3, -0.25) is 4.79 Å². The van der Waals surface area contributed by atoms with Gasteiger partial charge in [0, 0.05) is 25.7 Å². The van der Waals surface area contributed by atoms with E-state index in [1.165, 1.54) is 31.6 Å². The molecule has 0 fully saturated rings. The summed E-state index contributed by atoms with van der Waals surface area (Å²) in [6.45, 7) is 0. The number of fused-ring (bicyclic) bond motifs is 7. The fourth-order valence-corrected chi connectivity index (χ4v) is 4.79. The van der Waals surface area contributed by atoms with E-state index in [9.17, 15) is 4.79 Å². The van der Waals surface area contributed by atoms with Crippen molar-refractivity contribution in [3.8, 4) is 0 Å². The molecule has 0 spiro atoms. The summed E-state index contributed by atoms with van der Waals surface area (Å²) in [6, 6.07) is 23.1. The highest BCUT2D eigenvalue weighted by Crippen LogP contribution is 2.42. The predicted molar refractivity (Wildman–Crippen MR) is 99.7 cm³/mol. The zero-order valence-corrected chi connectivity index (χ0v) is 13.1. The molecule has 0 unspecified atom stereocenters. The van der Waals surface area contributed by atoms with Crippen LogP contribution in [0.2, 0.25) is 0 Å². The molecule has 5 aromatic rings. The maximum absolute atomic E-state index is 11.6. The van der Waals surface area contributed by atoms with Crippen LogP contribution in [0.15, 0.2) is 66.7 Å². The van der Waals surface area contributed by atoms with Crippen molar-refractivity contribution in [3.05, 3.63) is 72.3 Å². The lowest BCUT2D eigenvalue weighted by atomic mass is 9.99. The largest absolute Gasteiger partial charge is 0.298 e. The lowest BCUT2D eigenvalue weighted by Gasteiger charge is -2.03. The summed E-state index contributed by atoms with van der Waals surface area (Å²) in [5, 5.41) is 7.28. The van der Waals surface area contributed by atoms with Crippen molar-refractivity contribution in [2.45, 2.75) is 0 Å². The summed E-state index contributed by atoms with van der Waals surface area (Å²) in [5.41, 5.74) is 0.781. The Morgan fingerprint density at radius 1 is 0.696 bits per heavy atom. The van der Waals surface area contributed by atoms with E-state index in [0.717, 1.165) is 21.9 Å². The van der Waals surface area contributed by atoms with Crippen LogP contribution in [0.25, 0.3) is 41.7 Å². The second kappa shape index (κ2) is 4.64. The van der Waals surface area contributed by atoms with Crippen molar-refractivity contribution in [1.82, 2.24) is 0 Å². The van der Waals surface area contributed by atoms with Gasteiger partial charge in [0.2, 0.25) is 0 Å². The predicted octanol–water partition coefficient (Wildman–Crippen LogP) is 6.17. The highest BCUT2D eigenvalue weighted by Gasteiger charge is 2.14. The average Bonchev–Trinajstić information content (AvgIpc) is 3.01. The minimum atomic E-state index is 0.781. The summed E-state index contributed by atoms with van der Waals surface area (Å²) in [6.07, 6.45) is 0.979. The monoisotopic (exact) mass is 312 g/mol. The Hall–Kier alpha value is -2.71. The van der Waals surface area contributed by atoms with Crippen LogP contribution in [0, 0.1) is 0 Å². The molecule has 0 radical (unpaired) electrons. The lowest BCUT2D eigenvalue weighted by molar-refractivity contribution is 0.112. The SMILES string of the molecule is O=Cc1cc2ccccc2c2c1sc1c3ccccc3ccc12. The molecule has 23 heavy (non-hydrogen) atoms. The molecule has 5 rings (SSSR count). The van der Waals surface area contributed by atoms with Gasteiger partial charge in [0.05, 0.1) is 0 Å². The Morgan fingerprint density at radius 2 is 1.43 bits per heavy atom. The van der Waals surface area contributed by atoms with E-state index in [2.05, 4.69) is 54.6 Å². The van der Waals surface area contributed by atoms with Crippen LogP contribution in [0.1, 0.15) is 10.4 Å². The molecule has 1 aromatic heterocycles. The normalized spacial score (nSPS) is 11.7. The molecule has 0 aliphatic rings. The number of hydrogen-bond donors (Lipinski definition) is 0. The Morgan fingerprint density at radius 3 is 2.26 bits per heavy atom. The van der Waals surface area contributed by atoms with Crippen LogP contribution < -0.4 is 0 Å². The smallest absolute Gasteiger partial charge is 0.151 e. The van der Waals surface area contributed by atoms with E-state index in [-0.39, 0.29) is 0 Å². The average molecular weight is 312 g/mol. The van der Waals surface area contributed by atoms with E-state index in [0.29, 0.717) is 0 Å². The molecule has 1 heterocycles. The van der Waals surface area contributed by atoms with Gasteiger partial charge in [-0.15, -0.1) is 11.3 Å². The lowest BCUT2D eigenvalue weighted by Crippen LogP contribution is -1.82. The molecule has 0 bridgehead atoms. The summed E-state index contributed by atoms with van der Waals surface area (Å²) < 4.78 is 2.35. The van der Waals surface area contributed by atoms with Crippen LogP contribution in [0.5, 0.6) is 0 Å². The molecule has 0 saturated carbocycles. The molecule has 0 saturated heterocycles. The van der Waals surface area contributed by atoms with E-state index >= 15 is 0 Å². The van der Waals surface area contributed by atoms with Crippen molar-refractivity contribution < 1.29 is 4.79 Å². The number of benzene rings is 4. The number of rotatable bonds is 1. The van der Waals surface area contributed by atoms with Crippen molar-refractivity contribution in [2.24, 2.45) is 0 Å². The van der Waals surface area contributed by atoms with Crippen LogP contribution in [-0.2, 0) is 0 Å². The van der Waals surface area contributed by atoms with Crippen molar-refractivity contribution in [2.75, 3.05) is 0 Å². The minimum absolute atomic E-state index is 0.781. The number of aldehydes is 1. The Labute approximate surface area is 136 Å². The van der Waals surface area contributed by atoms with Gasteiger partial charge in [0.1, 0.15) is 0 Å². The number of hydrogen-bond acceptors (Lipinski definition) is 2. The van der Waals surface area contributed by atoms with Gasteiger partial charge >= 0.3 is 0 Å². The van der Waals surface area contributed by atoms with Crippen molar-refractivity contribution >= 4 is 59.3 Å². The number of carbonyl (C=O) groups is 1. The maximum Gasteiger partial charge on any atom is 0.151 e. The first-order chi connectivity index (χ1) is 11.4. The molecule has 108 valence electrons. The third-order valence-electron chi connectivity index (χ3n) is 4.51. The molecule has 2 heteroatoms. The van der Waals surface area contributed by atoms with Gasteiger partial charge in [-0.1, -0.05) is 60.7 Å². The van der Waals surface area contributed by atoms with Crippen molar-refractivity contribution in [3.63, 3.8) is 0 Å². The molecular weight excluding hydrogens is 300 g/mol. The Balaban J connectivity index is 2.14. The highest BCUT2D eigenvalue weighted by atomic mass is 32.1. The highest BCUT2D eigenvalue weighted by molar-refractivity contribution is 7.27. The van der Waals surface area contributed by atoms with Crippen LogP contribution in [0.3, 0.4) is 0 Å². The second-order valence-electron chi connectivity index (χ2n) is 5.77. The van der Waals surface area contributed by atoms with Crippen LogP contribution >= 0.6 is 11.3 Å². The molecule has 0 atom stereocenters. The van der Waals surface area contributed by atoms with E-state index in [1.807, 2.05) is 12.1 Å². The van der Waals surface area contributed by atoms with Crippen molar-refractivity contribution in [1.29, 1.82) is 0 Å². The quantitative estimate of drug-likeness (QED) is 0.338. The molecule has 0 amide bonds. The number of thiophene rings is 1. The molecule has 0 aliphatic heterocycles. The Bertz CT molecular complexity index is 1230. The Kier molecular flexibility index (Phi) is 2.58. The summed E-state index contributed by atoms with van der Waals surface area (Å²) in [5.74, 6) is 0. The fourth-order valence-electron chi connectivity index (χ4n) is 3.47. The standard InChI is InChI=1S/C21H12OS/c22-12-15-11-14-6-2-3-7-16(14)19-18-10-9-13-5-1-4-8-17(13)21(18)23-20(15)19/h1-12H. The third-order valence-corrected chi connectivity index (χ3v) is 5.80. The summed E-state index contributed by atoms with van der Waals surface area (Å²) >= 11 is 1.73. The third kappa shape index (κ3) is 1.70. The van der Waals surface area contributed by atoms with Gasteiger partial charge in [0.15, 0.2) is 6.29 Å². The number of carbonyl (C=O) groups excluding carboxylic acids is 1. The summed E-state index contributed by atoms with van der Waals surface area (Å²) in [7, 11) is 0.